The Bertz CT molecular complexity index is 1760. The zero-order chi connectivity index (χ0) is 35.4. The van der Waals surface area contributed by atoms with Crippen molar-refractivity contribution in [1.29, 1.82) is 0 Å². The lowest BCUT2D eigenvalue weighted by Crippen LogP contribution is -2.52. The van der Waals surface area contributed by atoms with E-state index in [1.807, 2.05) is 6.92 Å². The van der Waals surface area contributed by atoms with Gasteiger partial charge in [0.15, 0.2) is 0 Å². The average Bonchev–Trinajstić information content (AvgIpc) is 3.39. The van der Waals surface area contributed by atoms with Crippen LogP contribution in [0.25, 0.3) is 11.0 Å². The summed E-state index contributed by atoms with van der Waals surface area (Å²) >= 11 is 0. The number of fused-ring (bicyclic) bond motifs is 1. The van der Waals surface area contributed by atoms with Crippen molar-refractivity contribution in [2.24, 2.45) is 5.92 Å². The molecule has 4 rings (SSSR count). The number of nitrogens with zero attached hydrogens (tertiary/aromatic N) is 3. The highest BCUT2D eigenvalue weighted by Crippen LogP contribution is 2.29. The van der Waals surface area contributed by atoms with Crippen molar-refractivity contribution in [3.8, 4) is 17.6 Å². The van der Waals surface area contributed by atoms with Crippen LogP contribution in [0, 0.1) is 23.6 Å². The van der Waals surface area contributed by atoms with E-state index in [2.05, 4.69) is 32.8 Å². The van der Waals surface area contributed by atoms with Crippen LogP contribution < -0.4 is 20.7 Å². The zero-order valence-corrected chi connectivity index (χ0v) is 27.5. The summed E-state index contributed by atoms with van der Waals surface area (Å²) in [6.07, 6.45) is -3.52. The number of imidazole rings is 1. The standard InChI is InChI=1S/C33H38F4N6O5/c1-19-16-42(31(46)48-32(2,3)4)11-9-24(19)41-30(45)22-12-20(13-26-28(22)40-18-43(26)17-33(35,36)37)8-7-10-39-25-15-23(34)21(29(44)38-5)14-27(25)47-6/h12-15,18-19,24,39H,9-11,16-17H2,1-6H3,(H,38,44)(H,41,45)/t19-,24-/m0/s1. The molecule has 1 fully saturated rings. The molecule has 11 nitrogen and oxygen atoms in total. The van der Waals surface area contributed by atoms with Crippen LogP contribution in [0.2, 0.25) is 0 Å². The van der Waals surface area contributed by atoms with Gasteiger partial charge in [0.1, 0.15) is 29.2 Å². The smallest absolute Gasteiger partial charge is 0.410 e. The monoisotopic (exact) mass is 674 g/mol. The molecule has 2 aromatic carbocycles. The normalized spacial score (nSPS) is 16.5. The number of anilines is 1. The van der Waals surface area contributed by atoms with E-state index in [1.54, 1.807) is 25.7 Å². The number of ether oxygens (including phenoxy) is 2. The number of likely N-dealkylation sites (tertiary alicyclic amines) is 1. The molecular formula is C33H38F4N6O5. The van der Waals surface area contributed by atoms with E-state index in [4.69, 9.17) is 9.47 Å². The van der Waals surface area contributed by atoms with Gasteiger partial charge >= 0.3 is 12.3 Å². The summed E-state index contributed by atoms with van der Waals surface area (Å²) in [6, 6.07) is 4.88. The van der Waals surface area contributed by atoms with E-state index in [1.165, 1.54) is 32.4 Å². The molecule has 0 saturated carbocycles. The highest BCUT2D eigenvalue weighted by molar-refractivity contribution is 6.05. The molecule has 3 N–H and O–H groups in total. The predicted molar refractivity (Wildman–Crippen MR) is 170 cm³/mol. The van der Waals surface area contributed by atoms with Gasteiger partial charge < -0.3 is 34.9 Å². The summed E-state index contributed by atoms with van der Waals surface area (Å²) in [5.74, 6) is 3.78. The Labute approximate surface area is 275 Å². The Hall–Kier alpha value is -5.00. The van der Waals surface area contributed by atoms with Crippen LogP contribution in [-0.2, 0) is 11.3 Å². The first-order valence-corrected chi connectivity index (χ1v) is 15.2. The van der Waals surface area contributed by atoms with Crippen molar-refractivity contribution in [2.45, 2.75) is 58.5 Å². The summed E-state index contributed by atoms with van der Waals surface area (Å²) < 4.78 is 66.3. The first-order chi connectivity index (χ1) is 22.5. The molecule has 0 unspecified atom stereocenters. The maximum absolute atomic E-state index is 14.5. The van der Waals surface area contributed by atoms with E-state index in [0.717, 1.165) is 17.0 Å². The van der Waals surface area contributed by atoms with Gasteiger partial charge in [0, 0.05) is 37.8 Å². The molecule has 258 valence electrons. The van der Waals surface area contributed by atoms with Gasteiger partial charge in [-0.25, -0.2) is 14.2 Å². The summed E-state index contributed by atoms with van der Waals surface area (Å²) in [4.78, 5) is 43.8. The summed E-state index contributed by atoms with van der Waals surface area (Å²) in [5, 5.41) is 8.21. The molecule has 1 saturated heterocycles. The van der Waals surface area contributed by atoms with Gasteiger partial charge in [-0.05, 0) is 51.3 Å². The third kappa shape index (κ3) is 8.87. The van der Waals surface area contributed by atoms with E-state index in [0.29, 0.717) is 19.5 Å². The van der Waals surface area contributed by atoms with E-state index in [-0.39, 0.29) is 57.7 Å². The molecule has 15 heteroatoms. The van der Waals surface area contributed by atoms with Crippen LogP contribution in [0.15, 0.2) is 30.6 Å². The number of piperidine rings is 1. The van der Waals surface area contributed by atoms with E-state index < -0.39 is 42.0 Å². The molecule has 3 aromatic rings. The fourth-order valence-corrected chi connectivity index (χ4v) is 5.28. The molecule has 0 bridgehead atoms. The quantitative estimate of drug-likeness (QED) is 0.239. The van der Waals surface area contributed by atoms with Gasteiger partial charge in [-0.1, -0.05) is 18.8 Å². The number of hydrogen-bond acceptors (Lipinski definition) is 7. The van der Waals surface area contributed by atoms with E-state index >= 15 is 0 Å². The van der Waals surface area contributed by atoms with Crippen LogP contribution in [0.3, 0.4) is 0 Å². The molecule has 0 radical (unpaired) electrons. The Morgan fingerprint density at radius 1 is 1.08 bits per heavy atom. The zero-order valence-electron chi connectivity index (χ0n) is 27.5. The Kier molecular flexibility index (Phi) is 10.8. The van der Waals surface area contributed by atoms with Crippen molar-refractivity contribution in [1.82, 2.24) is 25.1 Å². The fourth-order valence-electron chi connectivity index (χ4n) is 5.28. The molecule has 1 aromatic heterocycles. The van der Waals surface area contributed by atoms with Crippen molar-refractivity contribution >= 4 is 34.6 Å². The molecule has 2 atom stereocenters. The molecular weight excluding hydrogens is 636 g/mol. The van der Waals surface area contributed by atoms with Gasteiger partial charge in [-0.15, -0.1) is 0 Å². The van der Waals surface area contributed by atoms with Gasteiger partial charge in [0.05, 0.1) is 42.3 Å². The molecule has 3 amide bonds. The first-order valence-electron chi connectivity index (χ1n) is 15.2. The van der Waals surface area contributed by atoms with Gasteiger partial charge in [-0.3, -0.25) is 9.59 Å². The van der Waals surface area contributed by atoms with Crippen LogP contribution >= 0.6 is 0 Å². The number of carbonyl (C=O) groups excluding carboxylic acids is 3. The number of halogens is 4. The number of aromatic nitrogens is 2. The van der Waals surface area contributed by atoms with Crippen LogP contribution in [0.5, 0.6) is 5.75 Å². The van der Waals surface area contributed by atoms with Crippen molar-refractivity contribution < 1.29 is 41.4 Å². The van der Waals surface area contributed by atoms with Crippen LogP contribution in [0.1, 0.15) is 60.4 Å². The second kappa shape index (κ2) is 14.4. The number of hydrogen-bond donors (Lipinski definition) is 3. The van der Waals surface area contributed by atoms with Crippen molar-refractivity contribution in [2.75, 3.05) is 39.1 Å². The number of alkyl halides is 3. The molecule has 1 aliphatic rings. The Balaban J connectivity index is 1.57. The minimum atomic E-state index is -4.54. The lowest BCUT2D eigenvalue weighted by molar-refractivity contribution is -0.140. The highest BCUT2D eigenvalue weighted by atomic mass is 19.4. The molecule has 2 heterocycles. The van der Waals surface area contributed by atoms with Crippen LogP contribution in [0.4, 0.5) is 28.0 Å². The average molecular weight is 675 g/mol. The third-order valence-electron chi connectivity index (χ3n) is 7.55. The molecule has 48 heavy (non-hydrogen) atoms. The first kappa shape index (κ1) is 35.8. The number of nitrogens with one attached hydrogen (secondary N) is 3. The summed E-state index contributed by atoms with van der Waals surface area (Å²) in [5.41, 5.74) is -0.193. The minimum Gasteiger partial charge on any atom is -0.495 e. The molecule has 0 aliphatic carbocycles. The van der Waals surface area contributed by atoms with Gasteiger partial charge in [0.2, 0.25) is 0 Å². The maximum atomic E-state index is 14.5. The SMILES string of the molecule is CNC(=O)c1cc(OC)c(NCC#Cc2cc(C(=O)N[C@H]3CCN(C(=O)OC(C)(C)C)C[C@@H]3C)c3ncn(CC(F)(F)F)c3c2)cc1F. The summed E-state index contributed by atoms with van der Waals surface area (Å²) in [6.45, 7) is 6.55. The number of carbonyl (C=O) groups is 3. The van der Waals surface area contributed by atoms with Gasteiger partial charge in [0.25, 0.3) is 11.8 Å². The second-order valence-electron chi connectivity index (χ2n) is 12.4. The molecule has 0 spiro atoms. The van der Waals surface area contributed by atoms with Gasteiger partial charge in [-0.2, -0.15) is 13.2 Å². The highest BCUT2D eigenvalue weighted by Gasteiger charge is 2.33. The summed E-state index contributed by atoms with van der Waals surface area (Å²) in [7, 11) is 2.73. The number of rotatable bonds is 7. The minimum absolute atomic E-state index is 0.0375. The lowest BCUT2D eigenvalue weighted by Gasteiger charge is -2.37. The number of amides is 3. The predicted octanol–water partition coefficient (Wildman–Crippen LogP) is 4.94. The lowest BCUT2D eigenvalue weighted by atomic mass is 9.93. The second-order valence-corrected chi connectivity index (χ2v) is 12.4. The maximum Gasteiger partial charge on any atom is 0.410 e. The number of benzene rings is 2. The molecule has 1 aliphatic heterocycles. The van der Waals surface area contributed by atoms with Crippen LogP contribution in [-0.4, -0.2) is 84.0 Å². The Morgan fingerprint density at radius 3 is 2.44 bits per heavy atom. The topological polar surface area (TPSA) is 127 Å². The third-order valence-corrected chi connectivity index (χ3v) is 7.55. The fraction of sp³-hybridized carbons (Fsp3) is 0.455. The van der Waals surface area contributed by atoms with E-state index in [9.17, 15) is 31.9 Å². The largest absolute Gasteiger partial charge is 0.495 e. The van der Waals surface area contributed by atoms with Crippen molar-refractivity contribution in [3.63, 3.8) is 0 Å². The van der Waals surface area contributed by atoms with Crippen molar-refractivity contribution in [3.05, 3.63) is 53.1 Å². The number of methoxy groups -OCH3 is 1. The Morgan fingerprint density at radius 2 is 1.81 bits per heavy atom.